The monoisotopic (exact) mass is 361 g/mol. The second-order valence-corrected chi connectivity index (χ2v) is 6.19. The molecule has 2 aromatic rings. The van der Waals surface area contributed by atoms with Crippen molar-refractivity contribution in [3.63, 3.8) is 0 Å². The highest BCUT2D eigenvalue weighted by Crippen LogP contribution is 2.23. The minimum Gasteiger partial charge on any atom is -0.484 e. The van der Waals surface area contributed by atoms with Gasteiger partial charge in [-0.05, 0) is 38.0 Å². The predicted octanol–water partition coefficient (Wildman–Crippen LogP) is 2.55. The largest absolute Gasteiger partial charge is 0.484 e. The molecule has 1 heterocycles. The van der Waals surface area contributed by atoms with Crippen molar-refractivity contribution < 1.29 is 23.8 Å². The zero-order chi connectivity index (χ0) is 19.3. The van der Waals surface area contributed by atoms with Crippen molar-refractivity contribution in [3.8, 4) is 5.75 Å². The maximum atomic E-state index is 11.9. The Labute approximate surface area is 151 Å². The molecule has 1 atom stereocenters. The van der Waals surface area contributed by atoms with Crippen LogP contribution in [0.25, 0.3) is 11.0 Å². The minimum absolute atomic E-state index is 0.323. The summed E-state index contributed by atoms with van der Waals surface area (Å²) in [6, 6.07) is 4.05. The molecule has 7 nitrogen and oxygen atoms in total. The Kier molecular flexibility index (Phi) is 6.38. The van der Waals surface area contributed by atoms with Crippen LogP contribution in [0.2, 0.25) is 0 Å². The van der Waals surface area contributed by atoms with Crippen LogP contribution in [-0.4, -0.2) is 29.6 Å². The summed E-state index contributed by atoms with van der Waals surface area (Å²) < 4.78 is 10.7. The lowest BCUT2D eigenvalue weighted by Crippen LogP contribution is -2.42. The number of nitrogens with one attached hydrogen (secondary N) is 1. The molecule has 1 aromatic heterocycles. The van der Waals surface area contributed by atoms with Crippen LogP contribution in [0.4, 0.5) is 0 Å². The first-order chi connectivity index (χ1) is 12.3. The second kappa shape index (κ2) is 8.51. The molecule has 0 aliphatic rings. The predicted molar refractivity (Wildman–Crippen MR) is 96.5 cm³/mol. The molecule has 140 valence electrons. The molecule has 0 unspecified atom stereocenters. The first kappa shape index (κ1) is 19.5. The Morgan fingerprint density at radius 2 is 2.00 bits per heavy atom. The first-order valence-electron chi connectivity index (χ1n) is 8.52. The van der Waals surface area contributed by atoms with Gasteiger partial charge in [0.15, 0.2) is 6.61 Å². The standard InChI is InChI=1S/C19H23NO6/c1-4-5-6-15(18(22)23)20-17(21)10-25-13-7-8-14-11(2)12(3)19(24)26-16(14)9-13/h7-9,15H,4-6,10H2,1-3H3,(H,20,21)(H,22,23)/t15-/m1/s1. The fraction of sp³-hybridized carbons (Fsp3) is 0.421. The van der Waals surface area contributed by atoms with Gasteiger partial charge in [-0.15, -0.1) is 0 Å². The second-order valence-electron chi connectivity index (χ2n) is 6.19. The van der Waals surface area contributed by atoms with Gasteiger partial charge in [0.25, 0.3) is 5.91 Å². The van der Waals surface area contributed by atoms with Gasteiger partial charge in [-0.3, -0.25) is 4.79 Å². The number of carboxylic acids is 1. The van der Waals surface area contributed by atoms with Crippen LogP contribution in [0, 0.1) is 13.8 Å². The zero-order valence-electron chi connectivity index (χ0n) is 15.1. The van der Waals surface area contributed by atoms with Crippen LogP contribution in [0.15, 0.2) is 27.4 Å². The number of benzene rings is 1. The van der Waals surface area contributed by atoms with Crippen molar-refractivity contribution in [1.29, 1.82) is 0 Å². The van der Waals surface area contributed by atoms with E-state index in [1.807, 2.05) is 13.8 Å². The van der Waals surface area contributed by atoms with E-state index >= 15 is 0 Å². The van der Waals surface area contributed by atoms with Gasteiger partial charge in [-0.2, -0.15) is 0 Å². The van der Waals surface area contributed by atoms with Gasteiger partial charge in [0.1, 0.15) is 17.4 Å². The molecule has 0 aliphatic heterocycles. The van der Waals surface area contributed by atoms with Crippen molar-refractivity contribution in [2.75, 3.05) is 6.61 Å². The van der Waals surface area contributed by atoms with E-state index in [-0.39, 0.29) is 6.61 Å². The van der Waals surface area contributed by atoms with E-state index in [9.17, 15) is 14.4 Å². The van der Waals surface area contributed by atoms with E-state index in [0.29, 0.717) is 29.7 Å². The van der Waals surface area contributed by atoms with Gasteiger partial charge in [0.2, 0.25) is 0 Å². The number of fused-ring (bicyclic) bond motifs is 1. The molecule has 0 bridgehead atoms. The van der Waals surface area contributed by atoms with E-state index in [1.54, 1.807) is 25.1 Å². The summed E-state index contributed by atoms with van der Waals surface area (Å²) in [5.74, 6) is -1.22. The molecule has 0 fully saturated rings. The molecule has 26 heavy (non-hydrogen) atoms. The van der Waals surface area contributed by atoms with Crippen molar-refractivity contribution in [3.05, 3.63) is 39.7 Å². The Morgan fingerprint density at radius 1 is 1.27 bits per heavy atom. The number of aliphatic carboxylic acids is 1. The normalized spacial score (nSPS) is 12.0. The third-order valence-corrected chi connectivity index (χ3v) is 4.28. The Hall–Kier alpha value is -2.83. The summed E-state index contributed by atoms with van der Waals surface area (Å²) in [7, 11) is 0. The number of carbonyl (C=O) groups is 2. The number of unbranched alkanes of at least 4 members (excludes halogenated alkanes) is 1. The first-order valence-corrected chi connectivity index (χ1v) is 8.52. The third kappa shape index (κ3) is 4.62. The number of hydrogen-bond donors (Lipinski definition) is 2. The summed E-state index contributed by atoms with van der Waals surface area (Å²) in [5.41, 5.74) is 1.35. The van der Waals surface area contributed by atoms with Crippen molar-refractivity contribution in [2.24, 2.45) is 0 Å². The molecular weight excluding hydrogens is 338 g/mol. The van der Waals surface area contributed by atoms with E-state index in [2.05, 4.69) is 5.32 Å². The SMILES string of the molecule is CCCC[C@@H](NC(=O)COc1ccc2c(C)c(C)c(=O)oc2c1)C(=O)O. The number of hydrogen-bond acceptors (Lipinski definition) is 5. The molecule has 1 aromatic carbocycles. The van der Waals surface area contributed by atoms with Crippen LogP contribution in [0.5, 0.6) is 5.75 Å². The van der Waals surface area contributed by atoms with Crippen LogP contribution in [0.3, 0.4) is 0 Å². The quantitative estimate of drug-likeness (QED) is 0.700. The average molecular weight is 361 g/mol. The lowest BCUT2D eigenvalue weighted by atomic mass is 10.1. The summed E-state index contributed by atoms with van der Waals surface area (Å²) in [5, 5.41) is 12.4. The maximum absolute atomic E-state index is 11.9. The number of carbonyl (C=O) groups excluding carboxylic acids is 1. The van der Waals surface area contributed by atoms with Crippen LogP contribution in [-0.2, 0) is 9.59 Å². The fourth-order valence-corrected chi connectivity index (χ4v) is 2.57. The lowest BCUT2D eigenvalue weighted by molar-refractivity contribution is -0.142. The van der Waals surface area contributed by atoms with Gasteiger partial charge in [-0.1, -0.05) is 19.8 Å². The van der Waals surface area contributed by atoms with E-state index in [4.69, 9.17) is 14.3 Å². The molecular formula is C19H23NO6. The highest BCUT2D eigenvalue weighted by atomic mass is 16.5. The Bertz CT molecular complexity index is 870. The molecule has 0 aliphatic carbocycles. The fourth-order valence-electron chi connectivity index (χ4n) is 2.57. The molecule has 2 rings (SSSR count). The summed E-state index contributed by atoms with van der Waals surface area (Å²) >= 11 is 0. The number of aryl methyl sites for hydroxylation is 1. The number of amides is 1. The van der Waals surface area contributed by atoms with Gasteiger partial charge in [-0.25, -0.2) is 9.59 Å². The topological polar surface area (TPSA) is 106 Å². The van der Waals surface area contributed by atoms with Crippen molar-refractivity contribution in [2.45, 2.75) is 46.1 Å². The molecule has 1 amide bonds. The van der Waals surface area contributed by atoms with Crippen LogP contribution < -0.4 is 15.7 Å². The lowest BCUT2D eigenvalue weighted by Gasteiger charge is -2.14. The highest BCUT2D eigenvalue weighted by Gasteiger charge is 2.19. The minimum atomic E-state index is -1.06. The zero-order valence-corrected chi connectivity index (χ0v) is 15.1. The highest BCUT2D eigenvalue weighted by molar-refractivity contribution is 5.85. The van der Waals surface area contributed by atoms with Crippen LogP contribution in [0.1, 0.15) is 37.3 Å². The van der Waals surface area contributed by atoms with Crippen molar-refractivity contribution >= 4 is 22.8 Å². The Balaban J connectivity index is 2.04. The van der Waals surface area contributed by atoms with E-state index < -0.39 is 23.5 Å². The smallest absolute Gasteiger partial charge is 0.339 e. The number of rotatable bonds is 8. The van der Waals surface area contributed by atoms with Gasteiger partial charge < -0.3 is 19.6 Å². The van der Waals surface area contributed by atoms with Gasteiger partial charge in [0, 0.05) is 17.0 Å². The number of ether oxygens (including phenoxy) is 1. The third-order valence-electron chi connectivity index (χ3n) is 4.28. The molecule has 2 N–H and O–H groups in total. The molecule has 0 spiro atoms. The average Bonchev–Trinajstić information content (AvgIpc) is 2.61. The summed E-state index contributed by atoms with van der Waals surface area (Å²) in [4.78, 5) is 34.9. The van der Waals surface area contributed by atoms with Crippen molar-refractivity contribution in [1.82, 2.24) is 5.32 Å². The van der Waals surface area contributed by atoms with Crippen LogP contribution >= 0.6 is 0 Å². The van der Waals surface area contributed by atoms with Gasteiger partial charge in [0.05, 0.1) is 0 Å². The summed E-state index contributed by atoms with van der Waals surface area (Å²) in [6.07, 6.45) is 1.93. The number of carboxylic acid groups (broad SMARTS) is 1. The molecule has 0 saturated carbocycles. The van der Waals surface area contributed by atoms with Gasteiger partial charge >= 0.3 is 11.6 Å². The van der Waals surface area contributed by atoms with E-state index in [1.165, 1.54) is 0 Å². The summed E-state index contributed by atoms with van der Waals surface area (Å²) in [6.45, 7) is 5.17. The Morgan fingerprint density at radius 3 is 2.65 bits per heavy atom. The molecule has 0 saturated heterocycles. The molecule has 0 radical (unpaired) electrons. The van der Waals surface area contributed by atoms with E-state index in [0.717, 1.165) is 17.4 Å². The maximum Gasteiger partial charge on any atom is 0.339 e. The molecule has 7 heteroatoms.